The Morgan fingerprint density at radius 3 is 2.68 bits per heavy atom. The average Bonchev–Trinajstić information content (AvgIpc) is 2.47. The zero-order valence-electron chi connectivity index (χ0n) is 10.2. The van der Waals surface area contributed by atoms with Gasteiger partial charge in [0.15, 0.2) is 0 Å². The molecule has 2 rings (SSSR count). The Kier molecular flexibility index (Phi) is 3.63. The first-order valence-electron chi connectivity index (χ1n) is 5.38. The highest BCUT2D eigenvalue weighted by atomic mass is 32.2. The lowest BCUT2D eigenvalue weighted by Crippen LogP contribution is -2.28. The summed E-state index contributed by atoms with van der Waals surface area (Å²) in [5.74, 6) is 5.62. The number of hydrazine groups is 1. The highest BCUT2D eigenvalue weighted by molar-refractivity contribution is 7.93. The fourth-order valence-corrected chi connectivity index (χ4v) is 2.76. The van der Waals surface area contributed by atoms with E-state index in [4.69, 9.17) is 5.84 Å². The number of aromatic nitrogens is 2. The quantitative estimate of drug-likeness (QED) is 0.627. The lowest BCUT2D eigenvalue weighted by molar-refractivity contribution is 0.594. The van der Waals surface area contributed by atoms with Gasteiger partial charge in [-0.3, -0.25) is 15.1 Å². The summed E-state index contributed by atoms with van der Waals surface area (Å²) in [7, 11) is -2.35. The van der Waals surface area contributed by atoms with E-state index in [0.29, 0.717) is 5.82 Å². The third-order valence-corrected chi connectivity index (χ3v) is 4.34. The van der Waals surface area contributed by atoms with Gasteiger partial charge in [-0.05, 0) is 18.2 Å². The van der Waals surface area contributed by atoms with Crippen molar-refractivity contribution in [2.24, 2.45) is 5.84 Å². The zero-order chi connectivity index (χ0) is 13.9. The minimum absolute atomic E-state index is 0.00865. The zero-order valence-corrected chi connectivity index (χ0v) is 11.0. The van der Waals surface area contributed by atoms with Crippen molar-refractivity contribution < 1.29 is 8.42 Å². The molecule has 0 aromatic carbocycles. The second kappa shape index (κ2) is 5.21. The first kappa shape index (κ1) is 13.2. The number of hydrogen-bond donors (Lipinski definition) is 2. The Hall–Kier alpha value is -2.19. The Labute approximate surface area is 111 Å². The smallest absolute Gasteiger partial charge is 0.268 e. The molecule has 2 aromatic heterocycles. The molecule has 19 heavy (non-hydrogen) atoms. The maximum absolute atomic E-state index is 12.5. The summed E-state index contributed by atoms with van der Waals surface area (Å²) in [5.41, 5.74) is 2.62. The van der Waals surface area contributed by atoms with Gasteiger partial charge < -0.3 is 5.43 Å². The van der Waals surface area contributed by atoms with Gasteiger partial charge in [0.2, 0.25) is 0 Å². The Morgan fingerprint density at radius 2 is 2.05 bits per heavy atom. The molecule has 100 valence electrons. The molecule has 0 amide bonds. The second-order valence-corrected chi connectivity index (χ2v) is 5.61. The van der Waals surface area contributed by atoms with E-state index in [2.05, 4.69) is 15.4 Å². The molecule has 0 saturated carbocycles. The van der Waals surface area contributed by atoms with Gasteiger partial charge >= 0.3 is 0 Å². The predicted octanol–water partition coefficient (Wildman–Crippen LogP) is 0.587. The molecular formula is C11H13N5O2S. The maximum Gasteiger partial charge on any atom is 0.268 e. The first-order valence-corrected chi connectivity index (χ1v) is 6.82. The van der Waals surface area contributed by atoms with Crippen molar-refractivity contribution in [1.29, 1.82) is 0 Å². The van der Waals surface area contributed by atoms with Crippen LogP contribution in [0.2, 0.25) is 0 Å². The van der Waals surface area contributed by atoms with Gasteiger partial charge in [0, 0.05) is 25.6 Å². The van der Waals surface area contributed by atoms with Crippen molar-refractivity contribution in [3.05, 3.63) is 42.9 Å². The number of nitrogens with two attached hydrogens (primary N) is 1. The highest BCUT2D eigenvalue weighted by Gasteiger charge is 2.25. The normalized spacial score (nSPS) is 11.1. The number of nitrogens with one attached hydrogen (secondary N) is 1. The molecule has 0 bridgehead atoms. The van der Waals surface area contributed by atoms with Crippen LogP contribution in [0, 0.1) is 0 Å². The highest BCUT2D eigenvalue weighted by Crippen LogP contribution is 2.24. The van der Waals surface area contributed by atoms with Crippen LogP contribution in [0.4, 0.5) is 11.5 Å². The molecule has 8 heteroatoms. The summed E-state index contributed by atoms with van der Waals surface area (Å²) in [6, 6.07) is 6.50. The van der Waals surface area contributed by atoms with Gasteiger partial charge in [0.1, 0.15) is 10.7 Å². The summed E-state index contributed by atoms with van der Waals surface area (Å²) in [6.45, 7) is 0. The van der Waals surface area contributed by atoms with E-state index in [0.717, 1.165) is 4.31 Å². The van der Waals surface area contributed by atoms with Crippen LogP contribution in [-0.4, -0.2) is 25.4 Å². The average molecular weight is 279 g/mol. The molecule has 0 spiro atoms. The molecule has 0 saturated heterocycles. The van der Waals surface area contributed by atoms with Crippen LogP contribution in [0.5, 0.6) is 0 Å². The lowest BCUT2D eigenvalue weighted by Gasteiger charge is -2.19. The molecule has 2 aromatic rings. The van der Waals surface area contributed by atoms with Crippen molar-refractivity contribution in [2.45, 2.75) is 4.90 Å². The molecule has 2 heterocycles. The largest absolute Gasteiger partial charge is 0.323 e. The molecule has 0 fully saturated rings. The Morgan fingerprint density at radius 1 is 1.26 bits per heavy atom. The number of hydrogen-bond acceptors (Lipinski definition) is 6. The molecule has 0 atom stereocenters. The van der Waals surface area contributed by atoms with Crippen molar-refractivity contribution in [2.75, 3.05) is 16.8 Å². The van der Waals surface area contributed by atoms with Gasteiger partial charge in [-0.2, -0.15) is 0 Å². The predicted molar refractivity (Wildman–Crippen MR) is 71.9 cm³/mol. The van der Waals surface area contributed by atoms with Crippen molar-refractivity contribution in [3.63, 3.8) is 0 Å². The minimum atomic E-state index is -3.77. The molecule has 3 N–H and O–H groups in total. The number of nitrogens with zero attached hydrogens (tertiary/aromatic N) is 3. The molecule has 0 aliphatic carbocycles. The summed E-state index contributed by atoms with van der Waals surface area (Å²) in [6.07, 6.45) is 4.21. The van der Waals surface area contributed by atoms with Crippen LogP contribution in [-0.2, 0) is 10.0 Å². The fraction of sp³-hybridized carbons (Fsp3) is 0.0909. The van der Waals surface area contributed by atoms with E-state index >= 15 is 0 Å². The van der Waals surface area contributed by atoms with Gasteiger partial charge in [-0.1, -0.05) is 6.07 Å². The monoisotopic (exact) mass is 279 g/mol. The molecule has 0 unspecified atom stereocenters. The van der Waals surface area contributed by atoms with Crippen LogP contribution < -0.4 is 15.6 Å². The number of anilines is 2. The maximum atomic E-state index is 12.5. The van der Waals surface area contributed by atoms with E-state index in [1.165, 1.54) is 31.7 Å². The van der Waals surface area contributed by atoms with Crippen molar-refractivity contribution in [3.8, 4) is 0 Å². The van der Waals surface area contributed by atoms with Gasteiger partial charge in [0.05, 0.1) is 5.69 Å². The summed E-state index contributed by atoms with van der Waals surface area (Å²) in [5, 5.41) is 0. The molecular weight excluding hydrogens is 266 g/mol. The molecule has 0 aliphatic heterocycles. The number of sulfonamides is 1. The third-order valence-electron chi connectivity index (χ3n) is 2.55. The van der Waals surface area contributed by atoms with E-state index in [-0.39, 0.29) is 10.6 Å². The minimum Gasteiger partial charge on any atom is -0.323 e. The summed E-state index contributed by atoms with van der Waals surface area (Å²) >= 11 is 0. The van der Waals surface area contributed by atoms with Crippen molar-refractivity contribution in [1.82, 2.24) is 9.97 Å². The van der Waals surface area contributed by atoms with E-state index in [1.807, 2.05) is 0 Å². The number of rotatable bonds is 4. The van der Waals surface area contributed by atoms with Crippen LogP contribution in [0.3, 0.4) is 0 Å². The van der Waals surface area contributed by atoms with Gasteiger partial charge in [0.25, 0.3) is 10.0 Å². The number of pyridine rings is 2. The van der Waals surface area contributed by atoms with Crippen LogP contribution in [0.15, 0.2) is 47.8 Å². The van der Waals surface area contributed by atoms with E-state index < -0.39 is 10.0 Å². The second-order valence-electron chi connectivity index (χ2n) is 3.68. The summed E-state index contributed by atoms with van der Waals surface area (Å²) in [4.78, 5) is 7.81. The van der Waals surface area contributed by atoms with E-state index in [1.54, 1.807) is 18.2 Å². The standard InChI is InChI=1S/C11H13N5O2S/c1-16(11-4-2-3-6-14-11)19(17,18)10-8-13-7-5-9(10)15-12/h2-8H,12H2,1H3,(H,13,15). The van der Waals surface area contributed by atoms with Gasteiger partial charge in [-0.15, -0.1) is 0 Å². The Balaban J connectivity index is 2.48. The molecule has 0 radical (unpaired) electrons. The SMILES string of the molecule is CN(c1ccccn1)S(=O)(=O)c1cnccc1NN. The van der Waals surface area contributed by atoms with Crippen LogP contribution >= 0.6 is 0 Å². The topological polar surface area (TPSA) is 101 Å². The van der Waals surface area contributed by atoms with Crippen LogP contribution in [0.25, 0.3) is 0 Å². The van der Waals surface area contributed by atoms with Crippen LogP contribution in [0.1, 0.15) is 0 Å². The Bertz CT molecular complexity index is 660. The lowest BCUT2D eigenvalue weighted by atomic mass is 10.4. The molecule has 0 aliphatic rings. The van der Waals surface area contributed by atoms with Gasteiger partial charge in [-0.25, -0.2) is 13.4 Å². The number of nitrogen functional groups attached to an aromatic ring is 1. The van der Waals surface area contributed by atoms with Crippen molar-refractivity contribution >= 4 is 21.5 Å². The molecule has 7 nitrogen and oxygen atoms in total. The summed E-state index contributed by atoms with van der Waals surface area (Å²) < 4.78 is 26.0. The third kappa shape index (κ3) is 2.49. The fourth-order valence-electron chi connectivity index (χ4n) is 1.52. The van der Waals surface area contributed by atoms with E-state index in [9.17, 15) is 8.42 Å². The first-order chi connectivity index (χ1) is 9.07.